The average Bonchev–Trinajstić information content (AvgIpc) is 2.90. The van der Waals surface area contributed by atoms with E-state index in [2.05, 4.69) is 36.5 Å². The Balaban J connectivity index is 0. The van der Waals surface area contributed by atoms with Crippen LogP contribution >= 0.6 is 0 Å². The zero-order valence-corrected chi connectivity index (χ0v) is 25.6. The summed E-state index contributed by atoms with van der Waals surface area (Å²) in [5.41, 5.74) is 0. The molecule has 0 aliphatic rings. The van der Waals surface area contributed by atoms with Crippen LogP contribution < -0.4 is 0 Å². The molecule has 0 N–H and O–H groups in total. The van der Waals surface area contributed by atoms with Crippen molar-refractivity contribution in [2.24, 2.45) is 0 Å². The van der Waals surface area contributed by atoms with E-state index in [0.717, 1.165) is 25.7 Å². The number of carbonyl (C=O) groups is 2. The van der Waals surface area contributed by atoms with E-state index in [1.165, 1.54) is 141 Å². The van der Waals surface area contributed by atoms with Crippen LogP contribution in [-0.4, -0.2) is 11.9 Å². The fourth-order valence-electron chi connectivity index (χ4n) is 4.52. The van der Waals surface area contributed by atoms with E-state index in [9.17, 15) is 9.59 Å². The largest absolute Gasteiger partial charge is 0.435 e. The molecule has 0 rings (SSSR count). The van der Waals surface area contributed by atoms with Gasteiger partial charge < -0.3 is 9.47 Å². The highest BCUT2D eigenvalue weighted by Crippen LogP contribution is 2.14. The Morgan fingerprint density at radius 1 is 0.421 bits per heavy atom. The maximum atomic E-state index is 11.1. The van der Waals surface area contributed by atoms with Crippen LogP contribution in [0.1, 0.15) is 181 Å². The van der Waals surface area contributed by atoms with Gasteiger partial charge in [-0.15, -0.1) is 0 Å². The second-order valence-corrected chi connectivity index (χ2v) is 10.6. The highest BCUT2D eigenvalue weighted by Gasteiger charge is 2.01. The molecule has 224 valence electrons. The zero-order valence-electron chi connectivity index (χ0n) is 25.6. The Kier molecular flexibility index (Phi) is 35.9. The van der Waals surface area contributed by atoms with Crippen LogP contribution in [0.2, 0.25) is 0 Å². The van der Waals surface area contributed by atoms with E-state index in [-0.39, 0.29) is 11.9 Å². The Bertz CT molecular complexity index is 515. The van der Waals surface area contributed by atoms with E-state index in [1.807, 2.05) is 0 Å². The van der Waals surface area contributed by atoms with Crippen molar-refractivity contribution < 1.29 is 19.1 Å². The molecule has 0 radical (unpaired) electrons. The van der Waals surface area contributed by atoms with E-state index in [1.54, 1.807) is 0 Å². The van der Waals surface area contributed by atoms with Crippen LogP contribution in [-0.2, 0) is 19.1 Å². The van der Waals surface area contributed by atoms with Crippen molar-refractivity contribution in [3.63, 3.8) is 0 Å². The second kappa shape index (κ2) is 35.4. The molecule has 0 aromatic rings. The van der Waals surface area contributed by atoms with Gasteiger partial charge in [-0.05, 0) is 12.8 Å². The summed E-state index contributed by atoms with van der Waals surface area (Å²) in [5, 5.41) is 0. The molecule has 0 heterocycles. The third kappa shape index (κ3) is 36.6. The normalized spacial score (nSPS) is 10.4. The first-order valence-electron chi connectivity index (χ1n) is 16.2. The van der Waals surface area contributed by atoms with Gasteiger partial charge in [0.15, 0.2) is 0 Å². The molecule has 0 saturated carbocycles. The number of esters is 2. The maximum Gasteiger partial charge on any atom is 0.310 e. The van der Waals surface area contributed by atoms with Crippen molar-refractivity contribution in [2.45, 2.75) is 181 Å². The molecular formula is C34H64O4. The highest BCUT2D eigenvalue weighted by molar-refractivity contribution is 5.70. The quantitative estimate of drug-likeness (QED) is 0.0566. The molecule has 38 heavy (non-hydrogen) atoms. The topological polar surface area (TPSA) is 52.6 Å². The Labute approximate surface area is 237 Å². The summed E-state index contributed by atoms with van der Waals surface area (Å²) in [7, 11) is 0. The number of ether oxygens (including phenoxy) is 2. The molecule has 0 aromatic heterocycles. The van der Waals surface area contributed by atoms with Crippen LogP contribution in [0.5, 0.6) is 0 Å². The second-order valence-electron chi connectivity index (χ2n) is 10.6. The average molecular weight is 537 g/mol. The molecule has 0 bridgehead atoms. The van der Waals surface area contributed by atoms with Crippen molar-refractivity contribution in [3.8, 4) is 0 Å². The SMILES string of the molecule is C=COC(=O)CCCCCCCCCCC.C=COC(=O)CCCCCCCCCCCCCCCCC. The minimum atomic E-state index is -0.155. The van der Waals surface area contributed by atoms with Crippen molar-refractivity contribution in [2.75, 3.05) is 0 Å². The predicted molar refractivity (Wildman–Crippen MR) is 164 cm³/mol. The van der Waals surface area contributed by atoms with Crippen molar-refractivity contribution in [3.05, 3.63) is 25.7 Å². The molecule has 4 heteroatoms. The third-order valence-electron chi connectivity index (χ3n) is 6.90. The van der Waals surface area contributed by atoms with Crippen LogP contribution in [0.4, 0.5) is 0 Å². The van der Waals surface area contributed by atoms with Crippen LogP contribution in [0.25, 0.3) is 0 Å². The number of carbonyl (C=O) groups excluding carboxylic acids is 2. The summed E-state index contributed by atoms with van der Waals surface area (Å²) in [6, 6.07) is 0. The first-order valence-corrected chi connectivity index (χ1v) is 16.2. The van der Waals surface area contributed by atoms with Crippen LogP contribution in [0.15, 0.2) is 25.7 Å². The van der Waals surface area contributed by atoms with Gasteiger partial charge in [-0.2, -0.15) is 0 Å². The first-order chi connectivity index (χ1) is 18.6. The van der Waals surface area contributed by atoms with Crippen LogP contribution in [0, 0.1) is 0 Å². The van der Waals surface area contributed by atoms with Crippen molar-refractivity contribution in [1.82, 2.24) is 0 Å². The van der Waals surface area contributed by atoms with Gasteiger partial charge in [0.25, 0.3) is 0 Å². The summed E-state index contributed by atoms with van der Waals surface area (Å²) >= 11 is 0. The molecule has 0 unspecified atom stereocenters. The first kappa shape index (κ1) is 38.6. The summed E-state index contributed by atoms with van der Waals surface area (Å²) in [5.74, 6) is -0.303. The number of rotatable bonds is 28. The van der Waals surface area contributed by atoms with E-state index >= 15 is 0 Å². The number of hydrogen-bond donors (Lipinski definition) is 0. The van der Waals surface area contributed by atoms with Gasteiger partial charge in [-0.25, -0.2) is 0 Å². The Hall–Kier alpha value is -1.58. The minimum Gasteiger partial charge on any atom is -0.435 e. The van der Waals surface area contributed by atoms with Gasteiger partial charge in [0.1, 0.15) is 0 Å². The molecule has 0 aromatic carbocycles. The lowest BCUT2D eigenvalue weighted by Gasteiger charge is -2.03. The lowest BCUT2D eigenvalue weighted by atomic mass is 10.0. The van der Waals surface area contributed by atoms with Gasteiger partial charge in [0.05, 0.1) is 12.5 Å². The maximum absolute atomic E-state index is 11.1. The molecular weight excluding hydrogens is 472 g/mol. The molecule has 0 amide bonds. The van der Waals surface area contributed by atoms with Crippen molar-refractivity contribution >= 4 is 11.9 Å². The number of unbranched alkanes of at least 4 members (excludes halogenated alkanes) is 22. The van der Waals surface area contributed by atoms with E-state index in [0.29, 0.717) is 12.8 Å². The van der Waals surface area contributed by atoms with Gasteiger partial charge in [0.2, 0.25) is 0 Å². The van der Waals surface area contributed by atoms with Gasteiger partial charge >= 0.3 is 11.9 Å². The fourth-order valence-corrected chi connectivity index (χ4v) is 4.52. The minimum absolute atomic E-state index is 0.148. The smallest absolute Gasteiger partial charge is 0.310 e. The zero-order chi connectivity index (χ0) is 28.4. The van der Waals surface area contributed by atoms with Gasteiger partial charge in [-0.1, -0.05) is 168 Å². The molecule has 0 spiro atoms. The number of hydrogen-bond acceptors (Lipinski definition) is 4. The molecule has 0 aliphatic carbocycles. The summed E-state index contributed by atoms with van der Waals surface area (Å²) in [6.07, 6.45) is 35.0. The predicted octanol–water partition coefficient (Wildman–Crippen LogP) is 11.5. The standard InChI is InChI=1S/C20H38O2.C14H26O2/c1-3-5-6-7-8-9-10-11-12-13-14-15-16-17-18-19-20(21)22-4-2;1-3-5-6-7-8-9-10-11-12-13-14(15)16-4-2/h4H,2-3,5-19H2,1H3;4H,2-3,5-13H2,1H3. The van der Waals surface area contributed by atoms with Crippen LogP contribution in [0.3, 0.4) is 0 Å². The Morgan fingerprint density at radius 2 is 0.632 bits per heavy atom. The third-order valence-corrected chi connectivity index (χ3v) is 6.90. The van der Waals surface area contributed by atoms with E-state index < -0.39 is 0 Å². The van der Waals surface area contributed by atoms with Gasteiger partial charge in [-0.3, -0.25) is 9.59 Å². The monoisotopic (exact) mass is 536 g/mol. The summed E-state index contributed by atoms with van der Waals surface area (Å²) in [4.78, 5) is 22.0. The lowest BCUT2D eigenvalue weighted by molar-refractivity contribution is -0.139. The lowest BCUT2D eigenvalue weighted by Crippen LogP contribution is -1.98. The molecule has 4 nitrogen and oxygen atoms in total. The Morgan fingerprint density at radius 3 is 0.842 bits per heavy atom. The molecule has 0 atom stereocenters. The summed E-state index contributed by atoms with van der Waals surface area (Å²) < 4.78 is 9.32. The van der Waals surface area contributed by atoms with Crippen molar-refractivity contribution in [1.29, 1.82) is 0 Å². The highest BCUT2D eigenvalue weighted by atomic mass is 16.5. The van der Waals surface area contributed by atoms with E-state index in [4.69, 9.17) is 0 Å². The summed E-state index contributed by atoms with van der Waals surface area (Å²) in [6.45, 7) is 11.2. The molecule has 0 aliphatic heterocycles. The van der Waals surface area contributed by atoms with Gasteiger partial charge in [0, 0.05) is 12.8 Å². The fraction of sp³-hybridized carbons (Fsp3) is 0.824. The molecule has 0 saturated heterocycles. The molecule has 0 fully saturated rings.